The number of hydrogen-bond acceptors (Lipinski definition) is 4. The third-order valence-corrected chi connectivity index (χ3v) is 2.57. The Morgan fingerprint density at radius 1 is 1.33 bits per heavy atom. The van der Waals surface area contributed by atoms with Gasteiger partial charge >= 0.3 is 0 Å². The Morgan fingerprint density at radius 3 is 2.60 bits per heavy atom. The molecule has 1 saturated carbocycles. The number of hydrogen-bond donors (Lipinski definition) is 2. The fourth-order valence-electron chi connectivity index (χ4n) is 1.72. The van der Waals surface area contributed by atoms with Crippen molar-refractivity contribution in [3.8, 4) is 0 Å². The highest BCUT2D eigenvalue weighted by molar-refractivity contribution is 4.78. The van der Waals surface area contributed by atoms with Gasteiger partial charge in [0, 0.05) is 6.04 Å². The van der Waals surface area contributed by atoms with Gasteiger partial charge < -0.3 is 20.3 Å². The van der Waals surface area contributed by atoms with Gasteiger partial charge in [-0.1, -0.05) is 0 Å². The Kier molecular flexibility index (Phi) is 5.53. The molecule has 0 saturated heterocycles. The minimum absolute atomic E-state index is 0.152. The van der Waals surface area contributed by atoms with E-state index < -0.39 is 6.10 Å². The first-order valence-electron chi connectivity index (χ1n) is 5.74. The van der Waals surface area contributed by atoms with E-state index in [1.807, 2.05) is 13.8 Å². The van der Waals surface area contributed by atoms with Gasteiger partial charge in [-0.3, -0.25) is 0 Å². The van der Waals surface area contributed by atoms with Crippen LogP contribution in [0.4, 0.5) is 0 Å². The molecule has 1 aliphatic carbocycles. The van der Waals surface area contributed by atoms with Crippen molar-refractivity contribution in [1.82, 2.24) is 0 Å². The molecule has 0 amide bonds. The third kappa shape index (κ3) is 5.47. The summed E-state index contributed by atoms with van der Waals surface area (Å²) in [6, 6.07) is 0.277. The lowest BCUT2D eigenvalue weighted by Crippen LogP contribution is -2.26. The average molecular weight is 217 g/mol. The zero-order valence-electron chi connectivity index (χ0n) is 9.69. The predicted octanol–water partition coefficient (Wildman–Crippen LogP) is 0.669. The van der Waals surface area contributed by atoms with Crippen LogP contribution in [-0.2, 0) is 9.47 Å². The summed E-state index contributed by atoms with van der Waals surface area (Å²) in [5.41, 5.74) is 5.76. The van der Waals surface area contributed by atoms with Crippen LogP contribution in [0.2, 0.25) is 0 Å². The van der Waals surface area contributed by atoms with E-state index in [0.717, 1.165) is 19.3 Å². The molecule has 4 nitrogen and oxygen atoms in total. The summed E-state index contributed by atoms with van der Waals surface area (Å²) in [5.74, 6) is 0. The molecule has 0 heterocycles. The van der Waals surface area contributed by atoms with Gasteiger partial charge in [0.1, 0.15) is 6.10 Å². The molecule has 15 heavy (non-hydrogen) atoms. The zero-order valence-corrected chi connectivity index (χ0v) is 9.69. The van der Waals surface area contributed by atoms with Gasteiger partial charge in [-0.2, -0.15) is 0 Å². The molecule has 1 fully saturated rings. The quantitative estimate of drug-likeness (QED) is 0.686. The third-order valence-electron chi connectivity index (χ3n) is 2.57. The number of rotatable bonds is 6. The van der Waals surface area contributed by atoms with E-state index in [2.05, 4.69) is 0 Å². The summed E-state index contributed by atoms with van der Waals surface area (Å²) >= 11 is 0. The first-order chi connectivity index (χ1) is 7.08. The minimum atomic E-state index is -0.524. The normalized spacial score (nSPS) is 28.6. The number of aliphatic hydroxyl groups is 1. The van der Waals surface area contributed by atoms with E-state index in [1.165, 1.54) is 0 Å². The van der Waals surface area contributed by atoms with Gasteiger partial charge in [-0.25, -0.2) is 0 Å². The maximum atomic E-state index is 9.54. The van der Waals surface area contributed by atoms with Crippen molar-refractivity contribution >= 4 is 0 Å². The highest BCUT2D eigenvalue weighted by atomic mass is 16.5. The summed E-state index contributed by atoms with van der Waals surface area (Å²) in [5, 5.41) is 9.54. The van der Waals surface area contributed by atoms with Gasteiger partial charge in [0.15, 0.2) is 0 Å². The maximum Gasteiger partial charge on any atom is 0.101 e. The zero-order chi connectivity index (χ0) is 11.3. The molecule has 0 aromatic rings. The smallest absolute Gasteiger partial charge is 0.101 e. The SMILES string of the molecule is CC(C)OCC(O)COC1CCC(N)C1. The number of nitrogens with two attached hydrogens (primary N) is 1. The van der Waals surface area contributed by atoms with Crippen LogP contribution in [0.3, 0.4) is 0 Å². The fraction of sp³-hybridized carbons (Fsp3) is 1.00. The Morgan fingerprint density at radius 2 is 2.07 bits per heavy atom. The van der Waals surface area contributed by atoms with Crippen molar-refractivity contribution in [3.05, 3.63) is 0 Å². The maximum absolute atomic E-state index is 9.54. The molecule has 3 atom stereocenters. The topological polar surface area (TPSA) is 64.7 Å². The average Bonchev–Trinajstić information content (AvgIpc) is 2.58. The summed E-state index contributed by atoms with van der Waals surface area (Å²) in [6.45, 7) is 4.59. The predicted molar refractivity (Wildman–Crippen MR) is 58.7 cm³/mol. The first kappa shape index (κ1) is 12.9. The van der Waals surface area contributed by atoms with Crippen molar-refractivity contribution in [3.63, 3.8) is 0 Å². The van der Waals surface area contributed by atoms with E-state index >= 15 is 0 Å². The Hall–Kier alpha value is -0.160. The molecule has 4 heteroatoms. The second kappa shape index (κ2) is 6.43. The van der Waals surface area contributed by atoms with Crippen LogP contribution in [0, 0.1) is 0 Å². The lowest BCUT2D eigenvalue weighted by molar-refractivity contribution is -0.0541. The molecule has 0 spiro atoms. The van der Waals surface area contributed by atoms with Gasteiger partial charge in [0.2, 0.25) is 0 Å². The van der Waals surface area contributed by atoms with E-state index in [1.54, 1.807) is 0 Å². The molecule has 1 rings (SSSR count). The molecule has 1 aliphatic rings. The standard InChI is InChI=1S/C11H23NO3/c1-8(2)14-6-10(13)7-15-11-4-3-9(12)5-11/h8-11,13H,3-7,12H2,1-2H3. The highest BCUT2D eigenvalue weighted by Gasteiger charge is 2.22. The molecule has 0 aromatic heterocycles. The van der Waals surface area contributed by atoms with Gasteiger partial charge in [-0.15, -0.1) is 0 Å². The summed E-state index contributed by atoms with van der Waals surface area (Å²) in [6.07, 6.45) is 2.82. The van der Waals surface area contributed by atoms with Crippen LogP contribution in [0.1, 0.15) is 33.1 Å². The van der Waals surface area contributed by atoms with Gasteiger partial charge in [-0.05, 0) is 33.1 Å². The van der Waals surface area contributed by atoms with Crippen LogP contribution < -0.4 is 5.73 Å². The second-order valence-electron chi connectivity index (χ2n) is 4.56. The van der Waals surface area contributed by atoms with Crippen LogP contribution in [-0.4, -0.2) is 42.7 Å². The van der Waals surface area contributed by atoms with Crippen LogP contribution in [0.25, 0.3) is 0 Å². The lowest BCUT2D eigenvalue weighted by atomic mass is 10.3. The van der Waals surface area contributed by atoms with Crippen molar-refractivity contribution in [1.29, 1.82) is 0 Å². The number of aliphatic hydroxyl groups excluding tert-OH is 1. The van der Waals surface area contributed by atoms with E-state index in [9.17, 15) is 5.11 Å². The minimum Gasteiger partial charge on any atom is -0.388 e. The lowest BCUT2D eigenvalue weighted by Gasteiger charge is -2.16. The van der Waals surface area contributed by atoms with Crippen LogP contribution in [0.15, 0.2) is 0 Å². The first-order valence-corrected chi connectivity index (χ1v) is 5.74. The van der Waals surface area contributed by atoms with Crippen LogP contribution in [0.5, 0.6) is 0 Å². The Bertz CT molecular complexity index is 175. The van der Waals surface area contributed by atoms with E-state index in [4.69, 9.17) is 15.2 Å². The molecule has 0 aromatic carbocycles. The molecule has 3 unspecified atom stereocenters. The Balaban J connectivity index is 2.03. The van der Waals surface area contributed by atoms with Crippen LogP contribution >= 0.6 is 0 Å². The van der Waals surface area contributed by atoms with Crippen molar-refractivity contribution < 1.29 is 14.6 Å². The molecule has 0 radical (unpaired) electrons. The van der Waals surface area contributed by atoms with Crippen molar-refractivity contribution in [2.75, 3.05) is 13.2 Å². The summed E-state index contributed by atoms with van der Waals surface area (Å²) < 4.78 is 10.8. The Labute approximate surface area is 91.7 Å². The van der Waals surface area contributed by atoms with Crippen molar-refractivity contribution in [2.45, 2.75) is 57.5 Å². The summed E-state index contributed by atoms with van der Waals surface area (Å²) in [7, 11) is 0. The largest absolute Gasteiger partial charge is 0.388 e. The molecule has 0 aliphatic heterocycles. The molecule has 3 N–H and O–H groups in total. The molecular formula is C11H23NO3. The van der Waals surface area contributed by atoms with Gasteiger partial charge in [0.05, 0.1) is 25.4 Å². The van der Waals surface area contributed by atoms with Crippen molar-refractivity contribution in [2.24, 2.45) is 5.73 Å². The molecular weight excluding hydrogens is 194 g/mol. The molecule has 90 valence electrons. The summed E-state index contributed by atoms with van der Waals surface area (Å²) in [4.78, 5) is 0. The highest BCUT2D eigenvalue weighted by Crippen LogP contribution is 2.20. The van der Waals surface area contributed by atoms with Gasteiger partial charge in [0.25, 0.3) is 0 Å². The molecule has 0 bridgehead atoms. The monoisotopic (exact) mass is 217 g/mol. The van der Waals surface area contributed by atoms with E-state index in [0.29, 0.717) is 13.2 Å². The number of ether oxygens (including phenoxy) is 2. The fourth-order valence-corrected chi connectivity index (χ4v) is 1.72. The second-order valence-corrected chi connectivity index (χ2v) is 4.56. The van der Waals surface area contributed by atoms with E-state index in [-0.39, 0.29) is 18.2 Å².